The van der Waals surface area contributed by atoms with E-state index < -0.39 is 24.3 Å². The molecule has 35 heavy (non-hydrogen) atoms. The molecule has 2 amide bonds. The van der Waals surface area contributed by atoms with Gasteiger partial charge in [-0.15, -0.1) is 0 Å². The van der Waals surface area contributed by atoms with Crippen LogP contribution in [0.4, 0.5) is 18.9 Å². The number of thioether (sulfide) groups is 1. The highest BCUT2D eigenvalue weighted by molar-refractivity contribution is 8.26. The van der Waals surface area contributed by atoms with E-state index in [2.05, 4.69) is 5.32 Å². The number of amides is 2. The van der Waals surface area contributed by atoms with E-state index >= 15 is 0 Å². The van der Waals surface area contributed by atoms with E-state index in [1.807, 2.05) is 0 Å². The molecule has 2 aliphatic heterocycles. The van der Waals surface area contributed by atoms with E-state index in [-0.39, 0.29) is 17.7 Å². The van der Waals surface area contributed by atoms with Crippen LogP contribution in [-0.2, 0) is 20.5 Å². The minimum Gasteiger partial charge on any atom is -0.484 e. The fourth-order valence-electron chi connectivity index (χ4n) is 3.67. The van der Waals surface area contributed by atoms with E-state index in [4.69, 9.17) is 21.7 Å². The van der Waals surface area contributed by atoms with Gasteiger partial charge in [-0.3, -0.25) is 14.5 Å². The lowest BCUT2D eigenvalue weighted by Gasteiger charge is -2.18. The van der Waals surface area contributed by atoms with Gasteiger partial charge in [0.2, 0.25) is 0 Å². The van der Waals surface area contributed by atoms with Crippen LogP contribution in [0.15, 0.2) is 53.4 Å². The van der Waals surface area contributed by atoms with Crippen molar-refractivity contribution in [2.24, 2.45) is 0 Å². The Morgan fingerprint density at radius 3 is 2.80 bits per heavy atom. The molecule has 2 heterocycles. The van der Waals surface area contributed by atoms with Crippen LogP contribution in [0, 0.1) is 0 Å². The molecule has 0 aromatic heterocycles. The maximum atomic E-state index is 13.1. The van der Waals surface area contributed by atoms with Crippen LogP contribution in [0.5, 0.6) is 5.75 Å². The predicted octanol–water partition coefficient (Wildman–Crippen LogP) is 5.10. The summed E-state index contributed by atoms with van der Waals surface area (Å²) >= 11 is 6.56. The molecule has 11 heteroatoms. The molecule has 2 fully saturated rings. The Morgan fingerprint density at radius 2 is 2.06 bits per heavy atom. The van der Waals surface area contributed by atoms with Crippen molar-refractivity contribution in [2.45, 2.75) is 25.1 Å². The second kappa shape index (κ2) is 10.8. The Balaban J connectivity index is 1.37. The number of thiocarbonyl (C=S) groups is 1. The van der Waals surface area contributed by atoms with Gasteiger partial charge in [0, 0.05) is 6.61 Å². The summed E-state index contributed by atoms with van der Waals surface area (Å²) in [5.74, 6) is -0.598. The number of hydrogen-bond acceptors (Lipinski definition) is 6. The number of nitrogens with zero attached hydrogens (tertiary/aromatic N) is 1. The van der Waals surface area contributed by atoms with Crippen molar-refractivity contribution in [2.75, 3.05) is 25.1 Å². The van der Waals surface area contributed by atoms with Gasteiger partial charge in [0.25, 0.3) is 11.8 Å². The van der Waals surface area contributed by atoms with Crippen molar-refractivity contribution < 1.29 is 32.2 Å². The number of anilines is 1. The summed E-state index contributed by atoms with van der Waals surface area (Å²) in [7, 11) is 0. The first-order valence-corrected chi connectivity index (χ1v) is 12.0. The highest BCUT2D eigenvalue weighted by atomic mass is 32.2. The highest BCUT2D eigenvalue weighted by Crippen LogP contribution is 2.35. The summed E-state index contributed by atoms with van der Waals surface area (Å²) in [4.78, 5) is 27.0. The molecule has 4 rings (SSSR count). The minimum atomic E-state index is -4.59. The third kappa shape index (κ3) is 6.41. The molecule has 0 radical (unpaired) electrons. The Kier molecular flexibility index (Phi) is 7.78. The van der Waals surface area contributed by atoms with E-state index in [1.165, 1.54) is 30.0 Å². The number of para-hydroxylation sites is 1. The molecule has 0 bridgehead atoms. The SMILES string of the molecule is O=C(COc1cccc(/C=C2\SC(=S)N(C[C@@H]3CCCO3)C2=O)c1)Nc1ccccc1C(F)(F)F. The van der Waals surface area contributed by atoms with Crippen LogP contribution >= 0.6 is 24.0 Å². The van der Waals surface area contributed by atoms with Gasteiger partial charge in [0.15, 0.2) is 6.61 Å². The van der Waals surface area contributed by atoms with Gasteiger partial charge >= 0.3 is 6.18 Å². The lowest BCUT2D eigenvalue weighted by molar-refractivity contribution is -0.137. The maximum absolute atomic E-state index is 13.1. The zero-order valence-electron chi connectivity index (χ0n) is 18.3. The molecular formula is C24H21F3N2O4S2. The Labute approximate surface area is 209 Å². The molecule has 0 unspecified atom stereocenters. The first kappa shape index (κ1) is 25.2. The van der Waals surface area contributed by atoms with Crippen LogP contribution in [0.2, 0.25) is 0 Å². The number of benzene rings is 2. The molecular weight excluding hydrogens is 501 g/mol. The van der Waals surface area contributed by atoms with E-state index in [0.717, 1.165) is 18.9 Å². The van der Waals surface area contributed by atoms with Gasteiger partial charge in [-0.1, -0.05) is 48.2 Å². The highest BCUT2D eigenvalue weighted by Gasteiger charge is 2.35. The van der Waals surface area contributed by atoms with Crippen LogP contribution < -0.4 is 10.1 Å². The molecule has 1 N–H and O–H groups in total. The summed E-state index contributed by atoms with van der Waals surface area (Å²) in [5, 5.41) is 2.23. The summed E-state index contributed by atoms with van der Waals surface area (Å²) < 4.78 is 50.9. The van der Waals surface area contributed by atoms with Crippen molar-refractivity contribution in [3.8, 4) is 5.75 Å². The molecule has 0 spiro atoms. The monoisotopic (exact) mass is 522 g/mol. The van der Waals surface area contributed by atoms with Crippen molar-refractivity contribution in [3.63, 3.8) is 0 Å². The molecule has 6 nitrogen and oxygen atoms in total. The molecule has 1 atom stereocenters. The molecule has 184 valence electrons. The molecule has 2 aromatic rings. The molecule has 2 aliphatic rings. The Hall–Kier alpha value is -2.89. The number of carbonyl (C=O) groups excluding carboxylic acids is 2. The van der Waals surface area contributed by atoms with Crippen LogP contribution in [0.25, 0.3) is 6.08 Å². The third-order valence-corrected chi connectivity index (χ3v) is 6.69. The zero-order chi connectivity index (χ0) is 25.0. The molecule has 0 saturated carbocycles. The third-order valence-electron chi connectivity index (χ3n) is 5.32. The fraction of sp³-hybridized carbons (Fsp3) is 0.292. The van der Waals surface area contributed by atoms with Crippen LogP contribution in [0.1, 0.15) is 24.0 Å². The summed E-state index contributed by atoms with van der Waals surface area (Å²) in [6.07, 6.45) is -1.06. The van der Waals surface area contributed by atoms with Gasteiger partial charge in [-0.05, 0) is 48.7 Å². The van der Waals surface area contributed by atoms with E-state index in [9.17, 15) is 22.8 Å². The van der Waals surface area contributed by atoms with Gasteiger partial charge in [0.05, 0.1) is 28.8 Å². The molecule has 0 aliphatic carbocycles. The van der Waals surface area contributed by atoms with Crippen molar-refractivity contribution in [1.82, 2.24) is 4.90 Å². The smallest absolute Gasteiger partial charge is 0.418 e. The second-order valence-electron chi connectivity index (χ2n) is 7.88. The zero-order valence-corrected chi connectivity index (χ0v) is 20.0. The number of halogens is 3. The largest absolute Gasteiger partial charge is 0.484 e. The number of nitrogens with one attached hydrogen (secondary N) is 1. The molecule has 2 saturated heterocycles. The maximum Gasteiger partial charge on any atom is 0.418 e. The van der Waals surface area contributed by atoms with E-state index in [0.29, 0.717) is 33.7 Å². The second-order valence-corrected chi connectivity index (χ2v) is 9.56. The van der Waals surface area contributed by atoms with Gasteiger partial charge in [-0.2, -0.15) is 13.2 Å². The molecule has 2 aromatic carbocycles. The van der Waals surface area contributed by atoms with Gasteiger partial charge in [-0.25, -0.2) is 0 Å². The first-order chi connectivity index (χ1) is 16.7. The average Bonchev–Trinajstić information content (AvgIpc) is 3.42. The normalized spacial score (nSPS) is 19.5. The average molecular weight is 523 g/mol. The van der Waals surface area contributed by atoms with E-state index in [1.54, 1.807) is 35.2 Å². The van der Waals surface area contributed by atoms with Gasteiger partial charge in [0.1, 0.15) is 10.1 Å². The number of rotatable bonds is 7. The fourth-order valence-corrected chi connectivity index (χ4v) is 4.94. The first-order valence-electron chi connectivity index (χ1n) is 10.8. The van der Waals surface area contributed by atoms with Crippen LogP contribution in [-0.4, -0.2) is 46.9 Å². The standard InChI is InChI=1S/C24H21F3N2O4S2/c25-24(26,27)18-8-1-2-9-19(18)28-21(30)14-33-16-6-3-5-15(11-16)12-20-22(31)29(23(34)35-20)13-17-7-4-10-32-17/h1-3,5-6,8-9,11-12,17H,4,7,10,13-14H2,(H,28,30)/b20-12-/t17-/m0/s1. The number of hydrogen-bond donors (Lipinski definition) is 1. The minimum absolute atomic E-state index is 0.0113. The predicted molar refractivity (Wildman–Crippen MR) is 131 cm³/mol. The van der Waals surface area contributed by atoms with Crippen molar-refractivity contribution >= 4 is 51.9 Å². The summed E-state index contributed by atoms with van der Waals surface area (Å²) in [5.41, 5.74) is -0.623. The topological polar surface area (TPSA) is 67.9 Å². The summed E-state index contributed by atoms with van der Waals surface area (Å²) in [6.45, 7) is 0.631. The Morgan fingerprint density at radius 1 is 1.26 bits per heavy atom. The quantitative estimate of drug-likeness (QED) is 0.403. The lowest BCUT2D eigenvalue weighted by Crippen LogP contribution is -2.35. The number of ether oxygens (including phenoxy) is 2. The number of carbonyl (C=O) groups is 2. The van der Waals surface area contributed by atoms with Gasteiger partial charge < -0.3 is 14.8 Å². The van der Waals surface area contributed by atoms with Crippen molar-refractivity contribution in [1.29, 1.82) is 0 Å². The van der Waals surface area contributed by atoms with Crippen molar-refractivity contribution in [3.05, 3.63) is 64.6 Å². The summed E-state index contributed by atoms with van der Waals surface area (Å²) in [6, 6.07) is 11.4. The Bertz CT molecular complexity index is 1160. The number of alkyl halides is 3. The van der Waals surface area contributed by atoms with Crippen LogP contribution in [0.3, 0.4) is 0 Å². The lowest BCUT2D eigenvalue weighted by atomic mass is 10.1.